The number of phenols is 1. The first-order valence-electron chi connectivity index (χ1n) is 11.4. The predicted octanol–water partition coefficient (Wildman–Crippen LogP) is 4.67. The molecule has 0 aliphatic heterocycles. The summed E-state index contributed by atoms with van der Waals surface area (Å²) in [5.74, 6) is -1.41. The van der Waals surface area contributed by atoms with Gasteiger partial charge in [-0.2, -0.15) is 0 Å². The van der Waals surface area contributed by atoms with E-state index in [0.29, 0.717) is 18.5 Å². The average molecular weight is 488 g/mol. The Balaban J connectivity index is 2.18. The number of nitrogens with one attached hydrogen (secondary N) is 3. The summed E-state index contributed by atoms with van der Waals surface area (Å²) in [5.41, 5.74) is 1.69. The van der Waals surface area contributed by atoms with Gasteiger partial charge in [0, 0.05) is 10.7 Å². The van der Waals surface area contributed by atoms with Gasteiger partial charge in [-0.05, 0) is 61.9 Å². The van der Waals surface area contributed by atoms with Crippen LogP contribution < -0.4 is 16.0 Å². The summed E-state index contributed by atoms with van der Waals surface area (Å²) in [6.45, 7) is 9.75. The van der Waals surface area contributed by atoms with Gasteiger partial charge in [0.05, 0.1) is 5.56 Å². The van der Waals surface area contributed by atoms with Crippen molar-refractivity contribution >= 4 is 35.0 Å². The first-order valence-corrected chi connectivity index (χ1v) is 11.8. The lowest BCUT2D eigenvalue weighted by Crippen LogP contribution is -2.53. The molecule has 0 radical (unpaired) electrons. The van der Waals surface area contributed by atoms with Gasteiger partial charge in [0.2, 0.25) is 11.8 Å². The van der Waals surface area contributed by atoms with Gasteiger partial charge in [0.15, 0.2) is 0 Å². The normalized spacial score (nSPS) is 12.8. The molecule has 2 rings (SSSR count). The second-order valence-electron chi connectivity index (χ2n) is 9.36. The van der Waals surface area contributed by atoms with Crippen LogP contribution in [0.2, 0.25) is 5.02 Å². The molecule has 0 fully saturated rings. The minimum atomic E-state index is -0.896. The Hall–Kier alpha value is -3.06. The van der Waals surface area contributed by atoms with E-state index < -0.39 is 23.9 Å². The highest BCUT2D eigenvalue weighted by Gasteiger charge is 2.29. The zero-order valence-electron chi connectivity index (χ0n) is 20.3. The van der Waals surface area contributed by atoms with Crippen molar-refractivity contribution in [2.75, 3.05) is 5.32 Å². The number of hydrogen-bond acceptors (Lipinski definition) is 4. The monoisotopic (exact) mass is 487 g/mol. The predicted molar refractivity (Wildman–Crippen MR) is 135 cm³/mol. The molecule has 0 aliphatic rings. The Morgan fingerprint density at radius 3 is 1.97 bits per heavy atom. The van der Waals surface area contributed by atoms with Crippen LogP contribution in [0.1, 0.15) is 56.5 Å². The quantitative estimate of drug-likeness (QED) is 0.390. The molecule has 2 aromatic rings. The average Bonchev–Trinajstić information content (AvgIpc) is 2.75. The van der Waals surface area contributed by atoms with Crippen LogP contribution in [-0.2, 0) is 9.59 Å². The van der Waals surface area contributed by atoms with Crippen molar-refractivity contribution in [3.05, 3.63) is 58.6 Å². The summed E-state index contributed by atoms with van der Waals surface area (Å²) in [4.78, 5) is 39.0. The number of carbonyl (C=O) groups excluding carboxylic acids is 3. The number of benzene rings is 2. The van der Waals surface area contributed by atoms with Gasteiger partial charge in [-0.1, -0.05) is 57.0 Å². The van der Waals surface area contributed by atoms with Crippen molar-refractivity contribution in [2.24, 2.45) is 11.8 Å². The van der Waals surface area contributed by atoms with E-state index in [2.05, 4.69) is 16.0 Å². The van der Waals surface area contributed by atoms with E-state index in [0.717, 1.165) is 5.56 Å². The van der Waals surface area contributed by atoms with E-state index in [1.54, 1.807) is 12.1 Å². The van der Waals surface area contributed by atoms with E-state index in [9.17, 15) is 19.5 Å². The molecule has 0 heterocycles. The van der Waals surface area contributed by atoms with Crippen LogP contribution >= 0.6 is 11.6 Å². The first-order chi connectivity index (χ1) is 16.0. The van der Waals surface area contributed by atoms with Crippen LogP contribution in [0.25, 0.3) is 0 Å². The molecule has 4 N–H and O–H groups in total. The summed E-state index contributed by atoms with van der Waals surface area (Å²) in [6, 6.07) is 9.86. The van der Waals surface area contributed by atoms with Crippen LogP contribution in [0.3, 0.4) is 0 Å². The second-order valence-corrected chi connectivity index (χ2v) is 9.80. The number of phenolic OH excluding ortho intramolecular Hbond substituents is 1. The number of aryl methyl sites for hydroxylation is 1. The Morgan fingerprint density at radius 2 is 1.41 bits per heavy atom. The van der Waals surface area contributed by atoms with Crippen molar-refractivity contribution in [3.8, 4) is 5.75 Å². The summed E-state index contributed by atoms with van der Waals surface area (Å²) in [5, 5.41) is 18.7. The van der Waals surface area contributed by atoms with Crippen molar-refractivity contribution < 1.29 is 19.5 Å². The third kappa shape index (κ3) is 8.37. The molecule has 2 aromatic carbocycles. The third-order valence-corrected chi connectivity index (χ3v) is 5.43. The first kappa shape index (κ1) is 27.2. The lowest BCUT2D eigenvalue weighted by atomic mass is 9.99. The number of aromatic hydroxyl groups is 1. The highest BCUT2D eigenvalue weighted by Crippen LogP contribution is 2.22. The number of rotatable bonds is 10. The maximum absolute atomic E-state index is 13.2. The maximum atomic E-state index is 13.2. The molecule has 34 heavy (non-hydrogen) atoms. The number of anilines is 1. The molecule has 0 unspecified atom stereocenters. The summed E-state index contributed by atoms with van der Waals surface area (Å²) in [7, 11) is 0. The van der Waals surface area contributed by atoms with Crippen molar-refractivity contribution in [1.29, 1.82) is 0 Å². The zero-order chi connectivity index (χ0) is 25.4. The fourth-order valence-electron chi connectivity index (χ4n) is 3.47. The molecule has 7 nitrogen and oxygen atoms in total. The van der Waals surface area contributed by atoms with E-state index in [1.165, 1.54) is 18.2 Å². The fraction of sp³-hybridized carbons (Fsp3) is 0.423. The molecule has 0 aromatic heterocycles. The van der Waals surface area contributed by atoms with Gasteiger partial charge >= 0.3 is 0 Å². The molecular weight excluding hydrogens is 454 g/mol. The molecule has 8 heteroatoms. The zero-order valence-corrected chi connectivity index (χ0v) is 21.1. The number of amides is 3. The van der Waals surface area contributed by atoms with Crippen LogP contribution in [0, 0.1) is 18.8 Å². The van der Waals surface area contributed by atoms with E-state index in [4.69, 9.17) is 11.6 Å². The largest absolute Gasteiger partial charge is 0.507 e. The molecule has 0 aliphatic carbocycles. The molecule has 0 saturated heterocycles. The lowest BCUT2D eigenvalue weighted by molar-refractivity contribution is -0.128. The molecule has 2 atom stereocenters. The molecule has 0 spiro atoms. The van der Waals surface area contributed by atoms with Crippen LogP contribution in [0.4, 0.5) is 5.69 Å². The van der Waals surface area contributed by atoms with E-state index in [-0.39, 0.29) is 34.1 Å². The lowest BCUT2D eigenvalue weighted by Gasteiger charge is -2.25. The Morgan fingerprint density at radius 1 is 0.853 bits per heavy atom. The van der Waals surface area contributed by atoms with Gasteiger partial charge in [0.1, 0.15) is 17.8 Å². The molecular formula is C26H34ClN3O4. The summed E-state index contributed by atoms with van der Waals surface area (Å²) < 4.78 is 0. The van der Waals surface area contributed by atoms with Crippen LogP contribution in [-0.4, -0.2) is 34.9 Å². The van der Waals surface area contributed by atoms with Crippen LogP contribution in [0.15, 0.2) is 42.5 Å². The third-order valence-electron chi connectivity index (χ3n) is 5.19. The van der Waals surface area contributed by atoms with Gasteiger partial charge in [-0.3, -0.25) is 14.4 Å². The Labute approximate surface area is 206 Å². The number of halogens is 1. The smallest absolute Gasteiger partial charge is 0.255 e. The van der Waals surface area contributed by atoms with Gasteiger partial charge in [-0.25, -0.2) is 0 Å². The molecule has 184 valence electrons. The van der Waals surface area contributed by atoms with E-state index in [1.807, 2.05) is 46.8 Å². The molecule has 3 amide bonds. The Bertz CT molecular complexity index is 1010. The topological polar surface area (TPSA) is 108 Å². The number of carbonyl (C=O) groups is 3. The standard InChI is InChI=1S/C26H34ClN3O4/c1-15(2)12-21(25(33)28-19-9-6-17(5)7-10-19)30-26(34)22(13-16(3)4)29-24(32)20-14-18(27)8-11-23(20)31/h6-11,14-16,21-22,31H,12-13H2,1-5H3,(H,28,33)(H,29,32)(H,30,34)/t21-,22-/m0/s1. The highest BCUT2D eigenvalue weighted by atomic mass is 35.5. The fourth-order valence-corrected chi connectivity index (χ4v) is 3.64. The van der Waals surface area contributed by atoms with Crippen molar-refractivity contribution in [1.82, 2.24) is 10.6 Å². The van der Waals surface area contributed by atoms with Crippen LogP contribution in [0.5, 0.6) is 5.75 Å². The van der Waals surface area contributed by atoms with E-state index >= 15 is 0 Å². The number of hydrogen-bond donors (Lipinski definition) is 4. The maximum Gasteiger partial charge on any atom is 0.255 e. The van der Waals surface area contributed by atoms with Gasteiger partial charge in [0.25, 0.3) is 5.91 Å². The Kier molecular flexibility index (Phi) is 9.93. The second kappa shape index (κ2) is 12.4. The van der Waals surface area contributed by atoms with Gasteiger partial charge in [-0.15, -0.1) is 0 Å². The SMILES string of the molecule is Cc1ccc(NC(=O)[C@H](CC(C)C)NC(=O)[C@H](CC(C)C)NC(=O)c2cc(Cl)ccc2O)cc1. The van der Waals surface area contributed by atoms with Crippen molar-refractivity contribution in [2.45, 2.75) is 59.5 Å². The summed E-state index contributed by atoms with van der Waals surface area (Å²) >= 11 is 5.96. The van der Waals surface area contributed by atoms with Gasteiger partial charge < -0.3 is 21.1 Å². The minimum absolute atomic E-state index is 0.0232. The highest BCUT2D eigenvalue weighted by molar-refractivity contribution is 6.31. The van der Waals surface area contributed by atoms with Crippen molar-refractivity contribution in [3.63, 3.8) is 0 Å². The minimum Gasteiger partial charge on any atom is -0.507 e. The summed E-state index contributed by atoms with van der Waals surface area (Å²) in [6.07, 6.45) is 0.785. The molecule has 0 bridgehead atoms. The molecule has 0 saturated carbocycles.